The van der Waals surface area contributed by atoms with E-state index in [2.05, 4.69) is 0 Å². The van der Waals surface area contributed by atoms with Crippen molar-refractivity contribution < 1.29 is 33.0 Å². The number of carboxylic acid groups (broad SMARTS) is 1. The quantitative estimate of drug-likeness (QED) is 0.744. The monoisotopic (exact) mass is 430 g/mol. The van der Waals surface area contributed by atoms with E-state index >= 15 is 0 Å². The standard InChI is InChI=1S/C21H29F3N2O4/c1-13(26(19(29)30)20(2,3)4)14-5-7-15(8-6-14)17(27)16-9-11-25(12-10-16)18(28)21(22,23)24/h5-8,13,16-17,27H,9-12H2,1-4H3,(H,29,30)/t13-,17?/m0/s1. The van der Waals surface area contributed by atoms with Crippen molar-refractivity contribution >= 4 is 12.0 Å². The minimum atomic E-state index is -4.88. The molecular weight excluding hydrogens is 401 g/mol. The molecule has 1 aromatic carbocycles. The normalized spacial score (nSPS) is 18.1. The average molecular weight is 430 g/mol. The third-order valence-electron chi connectivity index (χ3n) is 5.59. The maximum atomic E-state index is 12.6. The van der Waals surface area contributed by atoms with E-state index in [-0.39, 0.29) is 31.8 Å². The molecule has 0 aliphatic carbocycles. The Hall–Kier alpha value is -2.29. The van der Waals surface area contributed by atoms with Crippen molar-refractivity contribution in [3.05, 3.63) is 35.4 Å². The minimum Gasteiger partial charge on any atom is -0.465 e. The lowest BCUT2D eigenvalue weighted by Crippen LogP contribution is -2.46. The van der Waals surface area contributed by atoms with E-state index in [0.717, 1.165) is 10.5 Å². The van der Waals surface area contributed by atoms with Gasteiger partial charge in [0.1, 0.15) is 0 Å². The number of halogens is 3. The van der Waals surface area contributed by atoms with Crippen molar-refractivity contribution in [1.29, 1.82) is 0 Å². The highest BCUT2D eigenvalue weighted by Gasteiger charge is 2.43. The number of carbonyl (C=O) groups is 2. The van der Waals surface area contributed by atoms with Gasteiger partial charge in [-0.2, -0.15) is 13.2 Å². The molecule has 2 rings (SSSR count). The number of alkyl halides is 3. The van der Waals surface area contributed by atoms with Crippen LogP contribution in [0.1, 0.15) is 63.8 Å². The number of aliphatic hydroxyl groups excluding tert-OH is 1. The van der Waals surface area contributed by atoms with Crippen LogP contribution in [0.25, 0.3) is 0 Å². The Labute approximate surface area is 174 Å². The molecule has 2 amide bonds. The molecule has 0 bridgehead atoms. The summed E-state index contributed by atoms with van der Waals surface area (Å²) in [5, 5.41) is 20.2. The molecule has 1 aromatic rings. The van der Waals surface area contributed by atoms with Crippen molar-refractivity contribution in [3.63, 3.8) is 0 Å². The van der Waals surface area contributed by atoms with E-state index in [1.165, 1.54) is 4.90 Å². The molecule has 1 aliphatic heterocycles. The topological polar surface area (TPSA) is 81.1 Å². The molecule has 30 heavy (non-hydrogen) atoms. The molecule has 168 valence electrons. The highest BCUT2D eigenvalue weighted by molar-refractivity contribution is 5.81. The van der Waals surface area contributed by atoms with Gasteiger partial charge in [0.05, 0.1) is 12.1 Å². The maximum Gasteiger partial charge on any atom is 0.471 e. The first kappa shape index (κ1) is 24.0. The van der Waals surface area contributed by atoms with Gasteiger partial charge in [-0.1, -0.05) is 24.3 Å². The van der Waals surface area contributed by atoms with Crippen LogP contribution in [0.5, 0.6) is 0 Å². The SMILES string of the molecule is C[C@@H](c1ccc(C(O)C2CCN(C(=O)C(F)(F)F)CC2)cc1)N(C(=O)O)C(C)(C)C. The zero-order valence-corrected chi connectivity index (χ0v) is 17.6. The van der Waals surface area contributed by atoms with Crippen LogP contribution in [-0.4, -0.2) is 56.8 Å². The Kier molecular flexibility index (Phi) is 7.06. The highest BCUT2D eigenvalue weighted by atomic mass is 19.4. The number of amides is 2. The summed E-state index contributed by atoms with van der Waals surface area (Å²) in [4.78, 5) is 25.1. The molecule has 1 fully saturated rings. The summed E-state index contributed by atoms with van der Waals surface area (Å²) in [6, 6.07) is 6.55. The van der Waals surface area contributed by atoms with Gasteiger partial charge in [-0.05, 0) is 57.6 Å². The number of aliphatic hydroxyl groups is 1. The molecule has 2 N–H and O–H groups in total. The summed E-state index contributed by atoms with van der Waals surface area (Å²) in [7, 11) is 0. The van der Waals surface area contributed by atoms with Crippen LogP contribution in [0, 0.1) is 5.92 Å². The number of rotatable bonds is 4. The third kappa shape index (κ3) is 5.44. The fraction of sp³-hybridized carbons (Fsp3) is 0.619. The molecule has 0 aromatic heterocycles. The summed E-state index contributed by atoms with van der Waals surface area (Å²) >= 11 is 0. The summed E-state index contributed by atoms with van der Waals surface area (Å²) < 4.78 is 37.7. The minimum absolute atomic E-state index is 0.0473. The fourth-order valence-electron chi connectivity index (χ4n) is 4.02. The molecule has 9 heteroatoms. The summed E-state index contributed by atoms with van der Waals surface area (Å²) in [6.45, 7) is 7.13. The van der Waals surface area contributed by atoms with Gasteiger partial charge < -0.3 is 15.1 Å². The summed E-state index contributed by atoms with van der Waals surface area (Å²) in [5.74, 6) is -2.09. The Balaban J connectivity index is 2.05. The largest absolute Gasteiger partial charge is 0.471 e. The van der Waals surface area contributed by atoms with Crippen molar-refractivity contribution in [3.8, 4) is 0 Å². The Morgan fingerprint density at radius 1 is 1.07 bits per heavy atom. The van der Waals surface area contributed by atoms with Gasteiger partial charge in [-0.15, -0.1) is 0 Å². The first-order chi connectivity index (χ1) is 13.7. The lowest BCUT2D eigenvalue weighted by molar-refractivity contribution is -0.187. The van der Waals surface area contributed by atoms with Crippen molar-refractivity contribution in [1.82, 2.24) is 9.80 Å². The predicted octanol–water partition coefficient (Wildman–Crippen LogP) is 4.36. The lowest BCUT2D eigenvalue weighted by Gasteiger charge is -2.38. The second-order valence-electron chi connectivity index (χ2n) is 8.74. The molecule has 0 radical (unpaired) electrons. The molecule has 1 aliphatic rings. The van der Waals surface area contributed by atoms with Crippen molar-refractivity contribution in [2.45, 2.75) is 64.4 Å². The Morgan fingerprint density at radius 2 is 1.53 bits per heavy atom. The molecule has 0 spiro atoms. The van der Waals surface area contributed by atoms with Crippen molar-refractivity contribution in [2.24, 2.45) is 5.92 Å². The van der Waals surface area contributed by atoms with E-state index in [9.17, 15) is 33.0 Å². The van der Waals surface area contributed by atoms with Crippen molar-refractivity contribution in [2.75, 3.05) is 13.1 Å². The first-order valence-corrected chi connectivity index (χ1v) is 9.89. The third-order valence-corrected chi connectivity index (χ3v) is 5.59. The fourth-order valence-corrected chi connectivity index (χ4v) is 4.02. The maximum absolute atomic E-state index is 12.6. The number of hydrogen-bond donors (Lipinski definition) is 2. The smallest absolute Gasteiger partial charge is 0.465 e. The summed E-state index contributed by atoms with van der Waals surface area (Å²) in [6.07, 6.45) is -6.22. The molecule has 0 saturated carbocycles. The van der Waals surface area contributed by atoms with Crippen LogP contribution in [0.4, 0.5) is 18.0 Å². The van der Waals surface area contributed by atoms with Gasteiger partial charge in [-0.25, -0.2) is 4.79 Å². The van der Waals surface area contributed by atoms with Crippen LogP contribution < -0.4 is 0 Å². The number of likely N-dealkylation sites (tertiary alicyclic amines) is 1. The molecule has 1 unspecified atom stereocenters. The van der Waals surface area contributed by atoms with Crippen LogP contribution in [-0.2, 0) is 4.79 Å². The van der Waals surface area contributed by atoms with E-state index < -0.39 is 35.9 Å². The Morgan fingerprint density at radius 3 is 1.93 bits per heavy atom. The van der Waals surface area contributed by atoms with Gasteiger partial charge in [0.25, 0.3) is 0 Å². The zero-order chi connectivity index (χ0) is 22.9. The van der Waals surface area contributed by atoms with Crippen LogP contribution >= 0.6 is 0 Å². The molecule has 1 saturated heterocycles. The second-order valence-corrected chi connectivity index (χ2v) is 8.74. The molecular formula is C21H29F3N2O4. The van der Waals surface area contributed by atoms with Crippen LogP contribution in [0.15, 0.2) is 24.3 Å². The zero-order valence-electron chi connectivity index (χ0n) is 17.6. The van der Waals surface area contributed by atoms with Gasteiger partial charge >= 0.3 is 18.2 Å². The average Bonchev–Trinajstić information content (AvgIpc) is 2.65. The van der Waals surface area contributed by atoms with E-state index in [4.69, 9.17) is 0 Å². The number of benzene rings is 1. The number of hydrogen-bond acceptors (Lipinski definition) is 3. The number of piperidine rings is 1. The first-order valence-electron chi connectivity index (χ1n) is 9.89. The van der Waals surface area contributed by atoms with E-state index in [1.807, 2.05) is 20.8 Å². The van der Waals surface area contributed by atoms with Gasteiger partial charge in [0.15, 0.2) is 0 Å². The highest BCUT2D eigenvalue weighted by Crippen LogP contribution is 2.34. The van der Waals surface area contributed by atoms with Gasteiger partial charge in [0.2, 0.25) is 0 Å². The molecule has 1 heterocycles. The van der Waals surface area contributed by atoms with Gasteiger partial charge in [-0.3, -0.25) is 9.69 Å². The van der Waals surface area contributed by atoms with Crippen LogP contribution in [0.3, 0.4) is 0 Å². The second kappa shape index (κ2) is 8.83. The number of nitrogens with zero attached hydrogens (tertiary/aromatic N) is 2. The predicted molar refractivity (Wildman–Crippen MR) is 105 cm³/mol. The van der Waals surface area contributed by atoms with E-state index in [1.54, 1.807) is 31.2 Å². The molecule has 2 atom stereocenters. The molecule has 6 nitrogen and oxygen atoms in total. The van der Waals surface area contributed by atoms with Crippen LogP contribution in [0.2, 0.25) is 0 Å². The number of carbonyl (C=O) groups excluding carboxylic acids is 1. The summed E-state index contributed by atoms with van der Waals surface area (Å²) in [5.41, 5.74) is 0.795. The Bertz CT molecular complexity index is 751. The van der Waals surface area contributed by atoms with Gasteiger partial charge in [0, 0.05) is 18.6 Å². The lowest BCUT2D eigenvalue weighted by atomic mass is 9.87. The van der Waals surface area contributed by atoms with E-state index in [0.29, 0.717) is 5.56 Å².